The Morgan fingerprint density at radius 2 is 1.85 bits per heavy atom. The van der Waals surface area contributed by atoms with Gasteiger partial charge in [-0.1, -0.05) is 17.2 Å². The molecule has 4 nitrogen and oxygen atoms in total. The SMILES string of the molecule is COc1cccn2c(N)c(-c3cc(C)cc(C)c3)nc12. The molecule has 0 saturated carbocycles. The maximum absolute atomic E-state index is 6.24. The molecule has 0 aliphatic rings. The Morgan fingerprint density at radius 1 is 1.15 bits per heavy atom. The number of hydrogen-bond acceptors (Lipinski definition) is 3. The van der Waals surface area contributed by atoms with E-state index in [0.29, 0.717) is 5.82 Å². The predicted octanol–water partition coefficient (Wildman–Crippen LogP) is 3.21. The lowest BCUT2D eigenvalue weighted by Gasteiger charge is -2.03. The number of rotatable bonds is 2. The molecule has 2 N–H and O–H groups in total. The summed E-state index contributed by atoms with van der Waals surface area (Å²) in [6.07, 6.45) is 1.90. The maximum Gasteiger partial charge on any atom is 0.181 e. The Balaban J connectivity index is 2.29. The van der Waals surface area contributed by atoms with Gasteiger partial charge in [-0.2, -0.15) is 0 Å². The van der Waals surface area contributed by atoms with Gasteiger partial charge in [0.1, 0.15) is 11.5 Å². The topological polar surface area (TPSA) is 52.5 Å². The largest absolute Gasteiger partial charge is 0.493 e. The molecule has 0 aliphatic carbocycles. The van der Waals surface area contributed by atoms with Crippen molar-refractivity contribution in [2.24, 2.45) is 0 Å². The second-order valence-electron chi connectivity index (χ2n) is 4.99. The molecule has 0 aliphatic heterocycles. The molecule has 2 aromatic heterocycles. The lowest BCUT2D eigenvalue weighted by Crippen LogP contribution is -1.95. The van der Waals surface area contributed by atoms with Gasteiger partial charge in [0.25, 0.3) is 0 Å². The van der Waals surface area contributed by atoms with Crippen LogP contribution >= 0.6 is 0 Å². The van der Waals surface area contributed by atoms with Gasteiger partial charge in [0.05, 0.1) is 7.11 Å². The van der Waals surface area contributed by atoms with Crippen molar-refractivity contribution in [3.63, 3.8) is 0 Å². The van der Waals surface area contributed by atoms with Gasteiger partial charge in [0.15, 0.2) is 11.4 Å². The molecule has 4 heteroatoms. The van der Waals surface area contributed by atoms with Crippen molar-refractivity contribution in [1.29, 1.82) is 0 Å². The third kappa shape index (κ3) is 1.90. The van der Waals surface area contributed by atoms with Crippen molar-refractivity contribution in [3.8, 4) is 17.0 Å². The molecular formula is C16H17N3O. The van der Waals surface area contributed by atoms with Gasteiger partial charge in [-0.3, -0.25) is 4.40 Å². The summed E-state index contributed by atoms with van der Waals surface area (Å²) in [6.45, 7) is 4.14. The number of pyridine rings is 1. The minimum Gasteiger partial charge on any atom is -0.493 e. The van der Waals surface area contributed by atoms with E-state index in [0.717, 1.165) is 22.7 Å². The molecule has 3 aromatic rings. The fraction of sp³-hybridized carbons (Fsp3) is 0.188. The number of hydrogen-bond donors (Lipinski definition) is 1. The number of nitrogens with two attached hydrogens (primary N) is 1. The highest BCUT2D eigenvalue weighted by atomic mass is 16.5. The number of nitrogens with zero attached hydrogens (tertiary/aromatic N) is 2. The zero-order valence-corrected chi connectivity index (χ0v) is 11.8. The lowest BCUT2D eigenvalue weighted by molar-refractivity contribution is 0.417. The summed E-state index contributed by atoms with van der Waals surface area (Å²) in [4.78, 5) is 4.65. The van der Waals surface area contributed by atoms with Crippen LogP contribution in [0.3, 0.4) is 0 Å². The molecule has 0 spiro atoms. The number of nitrogen functional groups attached to an aromatic ring is 1. The van der Waals surface area contributed by atoms with Crippen molar-refractivity contribution in [2.75, 3.05) is 12.8 Å². The average molecular weight is 267 g/mol. The summed E-state index contributed by atoms with van der Waals surface area (Å²) >= 11 is 0. The molecule has 0 radical (unpaired) electrons. The van der Waals surface area contributed by atoms with Crippen molar-refractivity contribution >= 4 is 11.5 Å². The first kappa shape index (κ1) is 12.5. The van der Waals surface area contributed by atoms with Gasteiger partial charge in [-0.15, -0.1) is 0 Å². The van der Waals surface area contributed by atoms with E-state index in [4.69, 9.17) is 10.5 Å². The lowest BCUT2D eigenvalue weighted by atomic mass is 10.1. The van der Waals surface area contributed by atoms with E-state index < -0.39 is 0 Å². The van der Waals surface area contributed by atoms with Crippen LogP contribution in [-0.2, 0) is 0 Å². The van der Waals surface area contributed by atoms with Crippen LogP contribution in [-0.4, -0.2) is 16.5 Å². The number of fused-ring (bicyclic) bond motifs is 1. The van der Waals surface area contributed by atoms with Gasteiger partial charge in [-0.25, -0.2) is 4.98 Å². The number of ether oxygens (including phenoxy) is 1. The third-order valence-corrected chi connectivity index (χ3v) is 3.37. The molecule has 0 bridgehead atoms. The van der Waals surface area contributed by atoms with Gasteiger partial charge in [0.2, 0.25) is 0 Å². The molecule has 0 saturated heterocycles. The summed E-state index contributed by atoms with van der Waals surface area (Å²) in [5, 5.41) is 0. The summed E-state index contributed by atoms with van der Waals surface area (Å²) in [7, 11) is 1.64. The molecule has 102 valence electrons. The minimum atomic E-state index is 0.629. The van der Waals surface area contributed by atoms with E-state index in [-0.39, 0.29) is 0 Å². The predicted molar refractivity (Wildman–Crippen MR) is 81.1 cm³/mol. The Morgan fingerprint density at radius 3 is 2.50 bits per heavy atom. The molecular weight excluding hydrogens is 250 g/mol. The second kappa shape index (κ2) is 4.56. The Kier molecular flexibility index (Phi) is 2.86. The number of aryl methyl sites for hydroxylation is 2. The van der Waals surface area contributed by atoms with E-state index in [9.17, 15) is 0 Å². The first-order chi connectivity index (χ1) is 9.60. The zero-order chi connectivity index (χ0) is 14.3. The van der Waals surface area contributed by atoms with Crippen LogP contribution in [0, 0.1) is 13.8 Å². The highest BCUT2D eigenvalue weighted by Gasteiger charge is 2.14. The van der Waals surface area contributed by atoms with Crippen molar-refractivity contribution in [1.82, 2.24) is 9.38 Å². The number of methoxy groups -OCH3 is 1. The second-order valence-corrected chi connectivity index (χ2v) is 4.99. The van der Waals surface area contributed by atoms with Crippen LogP contribution in [0.2, 0.25) is 0 Å². The van der Waals surface area contributed by atoms with Gasteiger partial charge >= 0.3 is 0 Å². The molecule has 3 rings (SSSR count). The number of anilines is 1. The van der Waals surface area contributed by atoms with E-state index >= 15 is 0 Å². The molecule has 0 fully saturated rings. The van der Waals surface area contributed by atoms with Crippen LogP contribution in [0.25, 0.3) is 16.9 Å². The monoisotopic (exact) mass is 267 g/mol. The van der Waals surface area contributed by atoms with Crippen LogP contribution in [0.4, 0.5) is 5.82 Å². The Labute approximate surface area is 117 Å². The van der Waals surface area contributed by atoms with Gasteiger partial charge in [-0.05, 0) is 38.1 Å². The molecule has 1 aromatic carbocycles. The molecule has 20 heavy (non-hydrogen) atoms. The normalized spacial score (nSPS) is 10.9. The van der Waals surface area contributed by atoms with Crippen LogP contribution < -0.4 is 10.5 Å². The summed E-state index contributed by atoms with van der Waals surface area (Å²) in [6, 6.07) is 10.1. The van der Waals surface area contributed by atoms with E-state index in [1.54, 1.807) is 7.11 Å². The molecule has 0 amide bonds. The van der Waals surface area contributed by atoms with Crippen molar-refractivity contribution in [3.05, 3.63) is 47.7 Å². The first-order valence-electron chi connectivity index (χ1n) is 6.49. The van der Waals surface area contributed by atoms with Crippen LogP contribution in [0.5, 0.6) is 5.75 Å². The standard InChI is InChI=1S/C16H17N3O/c1-10-7-11(2)9-12(8-10)14-15(17)19-6-4-5-13(20-3)16(19)18-14/h4-9H,17H2,1-3H3. The molecule has 0 unspecified atom stereocenters. The summed E-state index contributed by atoms with van der Waals surface area (Å²) < 4.78 is 7.19. The zero-order valence-electron chi connectivity index (χ0n) is 11.8. The van der Waals surface area contributed by atoms with Gasteiger partial charge in [0, 0.05) is 11.8 Å². The van der Waals surface area contributed by atoms with Crippen molar-refractivity contribution < 1.29 is 4.74 Å². The summed E-state index contributed by atoms with van der Waals surface area (Å²) in [5.74, 6) is 1.35. The van der Waals surface area contributed by atoms with Gasteiger partial charge < -0.3 is 10.5 Å². The van der Waals surface area contributed by atoms with E-state index in [2.05, 4.69) is 37.0 Å². The Hall–Kier alpha value is -2.49. The third-order valence-electron chi connectivity index (χ3n) is 3.37. The fourth-order valence-electron chi connectivity index (χ4n) is 2.54. The smallest absolute Gasteiger partial charge is 0.181 e. The highest BCUT2D eigenvalue weighted by molar-refractivity contribution is 5.77. The van der Waals surface area contributed by atoms with E-state index in [1.807, 2.05) is 22.7 Å². The maximum atomic E-state index is 6.24. The quantitative estimate of drug-likeness (QED) is 0.775. The van der Waals surface area contributed by atoms with Crippen LogP contribution in [0.1, 0.15) is 11.1 Å². The molecule has 2 heterocycles. The van der Waals surface area contributed by atoms with Crippen LogP contribution in [0.15, 0.2) is 36.5 Å². The number of benzene rings is 1. The number of imidazole rings is 1. The highest BCUT2D eigenvalue weighted by Crippen LogP contribution is 2.31. The molecule has 0 atom stereocenters. The summed E-state index contributed by atoms with van der Waals surface area (Å²) in [5.41, 5.74) is 11.2. The number of aromatic nitrogens is 2. The van der Waals surface area contributed by atoms with E-state index in [1.165, 1.54) is 11.1 Å². The average Bonchev–Trinajstić information content (AvgIpc) is 2.75. The Bertz CT molecular complexity index is 770. The fourth-order valence-corrected chi connectivity index (χ4v) is 2.54. The minimum absolute atomic E-state index is 0.629. The van der Waals surface area contributed by atoms with Crippen molar-refractivity contribution in [2.45, 2.75) is 13.8 Å². The first-order valence-corrected chi connectivity index (χ1v) is 6.49.